The Balaban J connectivity index is 4.73. The average Bonchev–Trinajstić information content (AvgIpc) is 1.97. The van der Waals surface area contributed by atoms with Gasteiger partial charge in [-0.05, 0) is 13.3 Å². The van der Waals surface area contributed by atoms with Crippen molar-refractivity contribution in [1.82, 2.24) is 0 Å². The lowest BCUT2D eigenvalue weighted by Crippen LogP contribution is -2.21. The molecule has 0 amide bonds. The van der Waals surface area contributed by atoms with Gasteiger partial charge in [-0.25, -0.2) is 0 Å². The van der Waals surface area contributed by atoms with E-state index in [0.29, 0.717) is 12.3 Å². The van der Waals surface area contributed by atoms with Crippen molar-refractivity contribution >= 4 is 14.3 Å². The van der Waals surface area contributed by atoms with E-state index in [2.05, 4.69) is 0 Å². The second kappa shape index (κ2) is 4.62. The molecule has 16 heavy (non-hydrogen) atoms. The predicted octanol–water partition coefficient (Wildman–Crippen LogP) is 4.57. The van der Waals surface area contributed by atoms with E-state index in [1.165, 1.54) is 0 Å². The smallest absolute Gasteiger partial charge is 0.0903 e. The van der Waals surface area contributed by atoms with Gasteiger partial charge in [-0.1, -0.05) is 41.5 Å². The Morgan fingerprint density at radius 2 is 0.875 bits per heavy atom. The van der Waals surface area contributed by atoms with Crippen molar-refractivity contribution in [3.8, 4) is 0 Å². The first-order valence-electron chi connectivity index (χ1n) is 5.84. The Hall–Kier alpha value is 0.460. The highest BCUT2D eigenvalue weighted by Crippen LogP contribution is 2.60. The van der Waals surface area contributed by atoms with Crippen molar-refractivity contribution in [2.45, 2.75) is 51.9 Å². The Kier molecular flexibility index (Phi) is 4.75. The third kappa shape index (κ3) is 4.04. The summed E-state index contributed by atoms with van der Waals surface area (Å²) >= 11 is 0. The van der Waals surface area contributed by atoms with Crippen molar-refractivity contribution in [2.24, 2.45) is 0 Å². The molecule has 0 saturated carbocycles. The summed E-state index contributed by atoms with van der Waals surface area (Å²) in [6.45, 7) is 15.7. The molecular weight excluding hydrogens is 238 g/mol. The third-order valence-electron chi connectivity index (χ3n) is 3.79. The van der Waals surface area contributed by atoms with Crippen molar-refractivity contribution in [1.29, 1.82) is 0 Å². The standard InChI is InChI=1S/C12H28O2P2/c1-11(2,3)15(7,13)9-10-16(8,14)12(4,5)6/h9-10H2,1-8H3. The van der Waals surface area contributed by atoms with Gasteiger partial charge < -0.3 is 9.13 Å². The largest absolute Gasteiger partial charge is 0.323 e. The van der Waals surface area contributed by atoms with Crippen LogP contribution in [0, 0.1) is 0 Å². The van der Waals surface area contributed by atoms with E-state index < -0.39 is 14.3 Å². The summed E-state index contributed by atoms with van der Waals surface area (Å²) in [5.74, 6) is 0. The van der Waals surface area contributed by atoms with Gasteiger partial charge in [-0.3, -0.25) is 0 Å². The summed E-state index contributed by atoms with van der Waals surface area (Å²) in [4.78, 5) is 0. The van der Waals surface area contributed by atoms with E-state index in [-0.39, 0.29) is 10.3 Å². The minimum atomic E-state index is -2.21. The molecule has 0 heterocycles. The minimum Gasteiger partial charge on any atom is -0.323 e. The molecule has 98 valence electrons. The maximum atomic E-state index is 12.5. The molecule has 2 nitrogen and oxygen atoms in total. The molecule has 0 aromatic rings. The highest BCUT2D eigenvalue weighted by Gasteiger charge is 2.37. The van der Waals surface area contributed by atoms with Gasteiger partial charge >= 0.3 is 0 Å². The van der Waals surface area contributed by atoms with Crippen LogP contribution in [-0.2, 0) is 9.13 Å². The maximum absolute atomic E-state index is 12.5. The van der Waals surface area contributed by atoms with Crippen LogP contribution in [0.2, 0.25) is 0 Å². The zero-order valence-corrected chi connectivity index (χ0v) is 13.9. The number of hydrogen-bond acceptors (Lipinski definition) is 2. The second-order valence-electron chi connectivity index (χ2n) is 6.99. The van der Waals surface area contributed by atoms with Gasteiger partial charge in [0.15, 0.2) is 0 Å². The molecular formula is C12H28O2P2. The Bertz CT molecular complexity index is 298. The summed E-state index contributed by atoms with van der Waals surface area (Å²) in [7, 11) is -4.43. The molecule has 0 radical (unpaired) electrons. The quantitative estimate of drug-likeness (QED) is 0.701. The first-order chi connectivity index (χ1) is 6.71. The Labute approximate surface area is 101 Å². The third-order valence-corrected chi connectivity index (χ3v) is 12.0. The van der Waals surface area contributed by atoms with Crippen LogP contribution in [0.3, 0.4) is 0 Å². The van der Waals surface area contributed by atoms with Gasteiger partial charge in [0.2, 0.25) is 0 Å². The molecule has 0 aliphatic heterocycles. The van der Waals surface area contributed by atoms with Crippen molar-refractivity contribution in [2.75, 3.05) is 25.7 Å². The lowest BCUT2D eigenvalue weighted by atomic mass is 10.3. The van der Waals surface area contributed by atoms with Crippen LogP contribution in [-0.4, -0.2) is 36.0 Å². The van der Waals surface area contributed by atoms with Gasteiger partial charge in [0, 0.05) is 22.6 Å². The molecule has 2 atom stereocenters. The van der Waals surface area contributed by atoms with Crippen LogP contribution in [0.15, 0.2) is 0 Å². The topological polar surface area (TPSA) is 34.1 Å². The summed E-state index contributed by atoms with van der Waals surface area (Å²) in [6, 6.07) is 0. The molecule has 0 aliphatic rings. The summed E-state index contributed by atoms with van der Waals surface area (Å²) in [5.41, 5.74) is 0. The fourth-order valence-corrected chi connectivity index (χ4v) is 5.45. The Morgan fingerprint density at radius 1 is 0.688 bits per heavy atom. The van der Waals surface area contributed by atoms with E-state index in [1.807, 2.05) is 54.9 Å². The van der Waals surface area contributed by atoms with Gasteiger partial charge in [0.05, 0.1) is 14.3 Å². The van der Waals surface area contributed by atoms with Crippen molar-refractivity contribution in [3.05, 3.63) is 0 Å². The molecule has 0 spiro atoms. The maximum Gasteiger partial charge on any atom is 0.0903 e. The summed E-state index contributed by atoms with van der Waals surface area (Å²) in [5, 5.41) is -0.351. The molecule has 0 aliphatic carbocycles. The van der Waals surface area contributed by atoms with Crippen molar-refractivity contribution < 1.29 is 9.13 Å². The fraction of sp³-hybridized carbons (Fsp3) is 1.00. The fourth-order valence-electron chi connectivity index (χ4n) is 1.05. The van der Waals surface area contributed by atoms with E-state index in [9.17, 15) is 9.13 Å². The molecule has 0 bridgehead atoms. The second-order valence-corrected chi connectivity index (χ2v) is 15.0. The number of hydrogen-bond donors (Lipinski definition) is 0. The molecule has 0 fully saturated rings. The van der Waals surface area contributed by atoms with Gasteiger partial charge in [-0.2, -0.15) is 0 Å². The predicted molar refractivity (Wildman–Crippen MR) is 76.3 cm³/mol. The minimum absolute atomic E-state index is 0.176. The monoisotopic (exact) mass is 266 g/mol. The van der Waals surface area contributed by atoms with Crippen LogP contribution >= 0.6 is 14.3 Å². The van der Waals surface area contributed by atoms with Crippen LogP contribution in [0.4, 0.5) is 0 Å². The van der Waals surface area contributed by atoms with E-state index in [1.54, 1.807) is 0 Å². The molecule has 0 N–H and O–H groups in total. The molecule has 0 aromatic heterocycles. The lowest BCUT2D eigenvalue weighted by molar-refractivity contribution is 0.546. The zero-order chi connectivity index (χ0) is 13.4. The highest BCUT2D eigenvalue weighted by atomic mass is 31.2. The van der Waals surface area contributed by atoms with E-state index in [4.69, 9.17) is 0 Å². The first-order valence-corrected chi connectivity index (χ1v) is 10.5. The summed E-state index contributed by atoms with van der Waals surface area (Å²) in [6.07, 6.45) is 1.20. The van der Waals surface area contributed by atoms with Crippen LogP contribution in [0.1, 0.15) is 41.5 Å². The molecule has 2 unspecified atom stereocenters. The van der Waals surface area contributed by atoms with Crippen LogP contribution < -0.4 is 0 Å². The normalized spacial score (nSPS) is 21.2. The van der Waals surface area contributed by atoms with Crippen LogP contribution in [0.5, 0.6) is 0 Å². The highest BCUT2D eigenvalue weighted by molar-refractivity contribution is 7.68. The molecule has 0 aromatic carbocycles. The molecule has 4 heteroatoms. The van der Waals surface area contributed by atoms with E-state index >= 15 is 0 Å². The van der Waals surface area contributed by atoms with Gasteiger partial charge in [0.25, 0.3) is 0 Å². The number of rotatable bonds is 3. The van der Waals surface area contributed by atoms with Gasteiger partial charge in [0.1, 0.15) is 0 Å². The van der Waals surface area contributed by atoms with Gasteiger partial charge in [-0.15, -0.1) is 0 Å². The van der Waals surface area contributed by atoms with Crippen LogP contribution in [0.25, 0.3) is 0 Å². The SMILES string of the molecule is CC(C)(C)P(C)(=O)CCP(C)(=O)C(C)(C)C. The molecule has 0 saturated heterocycles. The van der Waals surface area contributed by atoms with E-state index in [0.717, 1.165) is 0 Å². The lowest BCUT2D eigenvalue weighted by Gasteiger charge is -2.32. The zero-order valence-electron chi connectivity index (χ0n) is 12.1. The first kappa shape index (κ1) is 16.5. The van der Waals surface area contributed by atoms with Crippen molar-refractivity contribution in [3.63, 3.8) is 0 Å². The summed E-state index contributed by atoms with van der Waals surface area (Å²) < 4.78 is 25.0. The Morgan fingerprint density at radius 3 is 1.00 bits per heavy atom. The molecule has 0 rings (SSSR count). The average molecular weight is 266 g/mol.